The fourth-order valence-corrected chi connectivity index (χ4v) is 2.86. The van der Waals surface area contributed by atoms with Crippen LogP contribution < -0.4 is 0 Å². The van der Waals surface area contributed by atoms with Gasteiger partial charge in [0.1, 0.15) is 11.6 Å². The summed E-state index contributed by atoms with van der Waals surface area (Å²) >= 11 is 0. The normalized spacial score (nSPS) is 15.1. The molecule has 5 heteroatoms. The molecular weight excluding hydrogens is 302 g/mol. The highest BCUT2D eigenvalue weighted by Crippen LogP contribution is 2.36. The quantitative estimate of drug-likeness (QED) is 0.707. The molecule has 1 aromatic heterocycles. The summed E-state index contributed by atoms with van der Waals surface area (Å²) in [5.41, 5.74) is 2.13. The van der Waals surface area contributed by atoms with Gasteiger partial charge in [-0.25, -0.2) is 4.68 Å². The third kappa shape index (κ3) is 2.62. The molecule has 0 radical (unpaired) electrons. The maximum atomic E-state index is 11.1. The van der Waals surface area contributed by atoms with Crippen LogP contribution in [0.2, 0.25) is 0 Å². The van der Waals surface area contributed by atoms with Crippen LogP contribution in [0.1, 0.15) is 24.2 Å². The highest BCUT2D eigenvalue weighted by Gasteiger charge is 2.41. The van der Waals surface area contributed by atoms with Crippen molar-refractivity contribution in [3.63, 3.8) is 0 Å². The van der Waals surface area contributed by atoms with Gasteiger partial charge in [-0.1, -0.05) is 53.8 Å². The van der Waals surface area contributed by atoms with Crippen LogP contribution in [-0.4, -0.2) is 26.7 Å². The first kappa shape index (κ1) is 16.4. The number of benzene rings is 2. The smallest absolute Gasteiger partial charge is 0.212 e. The number of aliphatic hydroxyl groups is 1. The molecule has 0 fully saturated rings. The summed E-state index contributed by atoms with van der Waals surface area (Å²) in [5.74, 6) is 0. The third-order valence-corrected chi connectivity index (χ3v) is 4.14. The molecule has 3 aromatic rings. The van der Waals surface area contributed by atoms with Crippen molar-refractivity contribution >= 4 is 11.0 Å². The molecule has 1 N–H and O–H groups in total. The van der Waals surface area contributed by atoms with Crippen molar-refractivity contribution in [2.24, 2.45) is 0 Å². The number of rotatable bonds is 6. The van der Waals surface area contributed by atoms with Crippen molar-refractivity contribution in [1.29, 1.82) is 0 Å². The molecule has 0 saturated carbocycles. The number of aromatic nitrogens is 3. The topological polar surface area (TPSA) is 60.2 Å². The molecule has 0 bridgehead atoms. The van der Waals surface area contributed by atoms with E-state index in [1.807, 2.05) is 62.4 Å². The number of aryl methyl sites for hydroxylation is 1. The maximum Gasteiger partial charge on any atom is 0.212 e. The Hall–Kier alpha value is -2.50. The predicted molar refractivity (Wildman–Crippen MR) is 93.5 cm³/mol. The van der Waals surface area contributed by atoms with E-state index < -0.39 is 11.8 Å². The van der Waals surface area contributed by atoms with E-state index in [1.165, 1.54) is 0 Å². The largest absolute Gasteiger partial charge is 0.383 e. The third-order valence-electron chi connectivity index (χ3n) is 4.14. The molecule has 0 amide bonds. The predicted octanol–water partition coefficient (Wildman–Crippen LogP) is 3.35. The van der Waals surface area contributed by atoms with Crippen molar-refractivity contribution in [3.8, 4) is 0 Å². The van der Waals surface area contributed by atoms with Crippen LogP contribution in [0.3, 0.4) is 0 Å². The Morgan fingerprint density at radius 2 is 1.96 bits per heavy atom. The Morgan fingerprint density at radius 1 is 1.25 bits per heavy atom. The fourth-order valence-electron chi connectivity index (χ4n) is 2.86. The second-order valence-corrected chi connectivity index (χ2v) is 5.69. The number of hydrogen-bond acceptors (Lipinski definition) is 4. The number of fused-ring (bicyclic) bond motifs is 1. The van der Waals surface area contributed by atoms with Gasteiger partial charge in [-0.05, 0) is 37.6 Å². The lowest BCUT2D eigenvalue weighted by Gasteiger charge is -2.35. The van der Waals surface area contributed by atoms with E-state index in [0.717, 1.165) is 22.2 Å². The Labute approximate surface area is 141 Å². The average Bonchev–Trinajstić information content (AvgIpc) is 3.04. The molecule has 0 spiro atoms. The van der Waals surface area contributed by atoms with Crippen molar-refractivity contribution in [2.75, 3.05) is 6.61 Å². The molecule has 2 unspecified atom stereocenters. The minimum absolute atomic E-state index is 0.392. The van der Waals surface area contributed by atoms with Gasteiger partial charge in [-0.3, -0.25) is 0 Å². The molecule has 0 aliphatic heterocycles. The number of hydrogen-bond donors (Lipinski definition) is 1. The van der Waals surface area contributed by atoms with Crippen LogP contribution in [0, 0.1) is 6.92 Å². The number of aliphatic hydroxyl groups excluding tert-OH is 1. The summed E-state index contributed by atoms with van der Waals surface area (Å²) in [5, 5.41) is 19.5. The van der Waals surface area contributed by atoms with Gasteiger partial charge in [0.15, 0.2) is 0 Å². The zero-order valence-corrected chi connectivity index (χ0v) is 13.9. The van der Waals surface area contributed by atoms with E-state index in [4.69, 9.17) is 4.74 Å². The lowest BCUT2D eigenvalue weighted by molar-refractivity contribution is -0.149. The molecule has 0 aliphatic rings. The SMILES string of the molecule is C=CC(OCC)(C(O)c1ccc(C)cc1)n1nnc2ccccc21. The van der Waals surface area contributed by atoms with Crippen molar-refractivity contribution in [2.45, 2.75) is 25.7 Å². The summed E-state index contributed by atoms with van der Waals surface area (Å²) in [6.45, 7) is 8.18. The zero-order chi connectivity index (χ0) is 17.2. The fraction of sp³-hybridized carbons (Fsp3) is 0.263. The van der Waals surface area contributed by atoms with Gasteiger partial charge in [-0.2, -0.15) is 0 Å². The molecule has 124 valence electrons. The highest BCUT2D eigenvalue weighted by atomic mass is 16.5. The summed E-state index contributed by atoms with van der Waals surface area (Å²) in [7, 11) is 0. The summed E-state index contributed by atoms with van der Waals surface area (Å²) < 4.78 is 7.57. The van der Waals surface area contributed by atoms with E-state index in [2.05, 4.69) is 16.9 Å². The lowest BCUT2D eigenvalue weighted by Crippen LogP contribution is -2.41. The van der Waals surface area contributed by atoms with Gasteiger partial charge < -0.3 is 9.84 Å². The summed E-state index contributed by atoms with van der Waals surface area (Å²) in [4.78, 5) is 0. The van der Waals surface area contributed by atoms with Crippen LogP contribution in [0.5, 0.6) is 0 Å². The molecule has 2 atom stereocenters. The van der Waals surface area contributed by atoms with E-state index >= 15 is 0 Å². The Kier molecular flexibility index (Phi) is 4.46. The van der Waals surface area contributed by atoms with Crippen molar-refractivity contribution < 1.29 is 9.84 Å². The Morgan fingerprint density at radius 3 is 2.62 bits per heavy atom. The van der Waals surface area contributed by atoms with Gasteiger partial charge >= 0.3 is 0 Å². The maximum absolute atomic E-state index is 11.1. The van der Waals surface area contributed by atoms with Gasteiger partial charge in [0.05, 0.1) is 5.52 Å². The summed E-state index contributed by atoms with van der Waals surface area (Å²) in [6.07, 6.45) is 0.614. The number of nitrogens with zero attached hydrogens (tertiary/aromatic N) is 3. The minimum Gasteiger partial charge on any atom is -0.383 e. The zero-order valence-electron chi connectivity index (χ0n) is 13.9. The molecule has 24 heavy (non-hydrogen) atoms. The van der Waals surface area contributed by atoms with Crippen LogP contribution in [0.4, 0.5) is 0 Å². The van der Waals surface area contributed by atoms with Crippen LogP contribution >= 0.6 is 0 Å². The average molecular weight is 323 g/mol. The van der Waals surface area contributed by atoms with E-state index in [1.54, 1.807) is 10.8 Å². The first-order chi connectivity index (χ1) is 11.6. The Bertz CT molecular complexity index is 841. The molecule has 2 aromatic carbocycles. The molecule has 1 heterocycles. The van der Waals surface area contributed by atoms with Crippen LogP contribution in [0.15, 0.2) is 61.2 Å². The number of ether oxygens (including phenoxy) is 1. The van der Waals surface area contributed by atoms with Gasteiger partial charge in [0.25, 0.3) is 0 Å². The van der Waals surface area contributed by atoms with Crippen LogP contribution in [-0.2, 0) is 10.5 Å². The Balaban J connectivity index is 2.17. The molecule has 0 aliphatic carbocycles. The second-order valence-electron chi connectivity index (χ2n) is 5.69. The van der Waals surface area contributed by atoms with E-state index in [-0.39, 0.29) is 0 Å². The molecule has 0 saturated heterocycles. The molecular formula is C19H21N3O2. The molecule has 3 rings (SSSR count). The van der Waals surface area contributed by atoms with E-state index in [0.29, 0.717) is 6.61 Å². The van der Waals surface area contributed by atoms with Crippen molar-refractivity contribution in [1.82, 2.24) is 15.0 Å². The first-order valence-corrected chi connectivity index (χ1v) is 7.95. The van der Waals surface area contributed by atoms with Gasteiger partial charge in [0, 0.05) is 6.61 Å². The lowest BCUT2D eigenvalue weighted by atomic mass is 9.97. The van der Waals surface area contributed by atoms with E-state index in [9.17, 15) is 5.11 Å². The molecule has 5 nitrogen and oxygen atoms in total. The minimum atomic E-state index is -1.24. The van der Waals surface area contributed by atoms with Crippen molar-refractivity contribution in [3.05, 3.63) is 72.3 Å². The standard InChI is InChI=1S/C19H21N3O2/c1-4-19(24-5-2,18(23)15-12-10-14(3)11-13-15)22-17-9-7-6-8-16(17)20-21-22/h4,6-13,18,23H,1,5H2,2-3H3. The highest BCUT2D eigenvalue weighted by molar-refractivity contribution is 5.74. The monoisotopic (exact) mass is 323 g/mol. The first-order valence-electron chi connectivity index (χ1n) is 7.95. The number of para-hydroxylation sites is 1. The van der Waals surface area contributed by atoms with Crippen LogP contribution in [0.25, 0.3) is 11.0 Å². The van der Waals surface area contributed by atoms with Gasteiger partial charge in [0.2, 0.25) is 5.72 Å². The second kappa shape index (κ2) is 6.55. The summed E-state index contributed by atoms with van der Waals surface area (Å²) in [6, 6.07) is 15.3. The van der Waals surface area contributed by atoms with Gasteiger partial charge in [-0.15, -0.1) is 5.10 Å².